The number of hydrogen-bond donors (Lipinski definition) is 1. The molecule has 0 aromatic heterocycles. The van der Waals surface area contributed by atoms with Gasteiger partial charge in [-0.15, -0.1) is 0 Å². The Bertz CT molecular complexity index is 816. The second kappa shape index (κ2) is 9.35. The van der Waals surface area contributed by atoms with Crippen LogP contribution in [0.25, 0.3) is 5.57 Å². The Morgan fingerprint density at radius 2 is 1.96 bits per heavy atom. The molecule has 0 bridgehead atoms. The lowest BCUT2D eigenvalue weighted by molar-refractivity contribution is -0.123. The van der Waals surface area contributed by atoms with E-state index >= 15 is 0 Å². The second-order valence-electron chi connectivity index (χ2n) is 6.85. The predicted molar refractivity (Wildman–Crippen MR) is 113 cm³/mol. The Morgan fingerprint density at radius 3 is 2.61 bits per heavy atom. The van der Waals surface area contributed by atoms with Crippen molar-refractivity contribution in [1.82, 2.24) is 15.1 Å². The maximum atomic E-state index is 14.0. The largest absolute Gasteiger partial charge is 0.494 e. The number of benzene rings is 1. The quantitative estimate of drug-likeness (QED) is 0.787. The molecule has 5 nitrogen and oxygen atoms in total. The fourth-order valence-corrected chi connectivity index (χ4v) is 4.87. The van der Waals surface area contributed by atoms with Gasteiger partial charge in [0.1, 0.15) is 0 Å². The van der Waals surface area contributed by atoms with Crippen LogP contribution in [0.4, 0.5) is 4.39 Å². The van der Waals surface area contributed by atoms with Gasteiger partial charge >= 0.3 is 0 Å². The Kier molecular flexibility index (Phi) is 6.87. The van der Waals surface area contributed by atoms with Crippen molar-refractivity contribution in [1.29, 1.82) is 0 Å². The first-order chi connectivity index (χ1) is 13.6. The van der Waals surface area contributed by atoms with E-state index in [1.807, 2.05) is 26.4 Å². The van der Waals surface area contributed by atoms with Crippen LogP contribution in [-0.4, -0.2) is 55.8 Å². The van der Waals surface area contributed by atoms with Crippen LogP contribution in [0, 0.1) is 5.82 Å². The lowest BCUT2D eigenvalue weighted by Gasteiger charge is -2.36. The van der Waals surface area contributed by atoms with Gasteiger partial charge in [0.25, 0.3) is 5.91 Å². The Balaban J connectivity index is 0.000000706. The summed E-state index contributed by atoms with van der Waals surface area (Å²) in [6.45, 7) is 2.10. The van der Waals surface area contributed by atoms with Crippen LogP contribution in [0.3, 0.4) is 0 Å². The van der Waals surface area contributed by atoms with Gasteiger partial charge in [-0.25, -0.2) is 4.39 Å². The van der Waals surface area contributed by atoms with E-state index in [1.54, 1.807) is 23.1 Å². The monoisotopic (exact) mass is 403 g/mol. The number of methoxy groups -OCH3 is 1. The molecule has 1 aromatic rings. The second-order valence-corrected chi connectivity index (χ2v) is 8.24. The van der Waals surface area contributed by atoms with Crippen molar-refractivity contribution in [3.05, 3.63) is 59.4 Å². The molecule has 0 radical (unpaired) electrons. The first-order valence-corrected chi connectivity index (χ1v) is 10.5. The third-order valence-corrected chi connectivity index (χ3v) is 6.30. The van der Waals surface area contributed by atoms with Crippen molar-refractivity contribution >= 4 is 20.1 Å². The topological polar surface area (TPSA) is 44.8 Å². The van der Waals surface area contributed by atoms with Crippen molar-refractivity contribution in [3.8, 4) is 5.75 Å². The predicted octanol–water partition coefficient (Wildman–Crippen LogP) is 3.36. The Hall–Kier alpha value is -2.17. The third kappa shape index (κ3) is 4.45. The summed E-state index contributed by atoms with van der Waals surface area (Å²) in [5.41, 5.74) is 2.73. The van der Waals surface area contributed by atoms with Crippen molar-refractivity contribution in [3.63, 3.8) is 0 Å². The zero-order chi connectivity index (χ0) is 20.1. The van der Waals surface area contributed by atoms with Gasteiger partial charge in [0.15, 0.2) is 11.6 Å². The Morgan fingerprint density at radius 1 is 1.25 bits per heavy atom. The summed E-state index contributed by atoms with van der Waals surface area (Å²) in [6, 6.07) is 4.86. The standard InChI is InChI=1S/C19H20FN2O2P.C2H7N/c1-24-16-6-4-13(10-15(16)20)14-5-7-18-22(12-14)17(23)11-19(25-18)21-8-2-3-9-21;1-3-2/h4-7,10-12,18,25H,2-3,8-9H2,1H3;3H,1-2H3. The number of likely N-dealkylation sites (tertiary alicyclic amines) is 1. The number of allylic oxidation sites excluding steroid dienone is 2. The van der Waals surface area contributed by atoms with E-state index in [4.69, 9.17) is 4.74 Å². The van der Waals surface area contributed by atoms with Crippen LogP contribution in [-0.2, 0) is 4.79 Å². The van der Waals surface area contributed by atoms with Gasteiger partial charge in [0, 0.05) is 30.8 Å². The molecule has 1 amide bonds. The number of nitrogens with zero attached hydrogens (tertiary/aromatic N) is 2. The molecule has 2 unspecified atom stereocenters. The van der Waals surface area contributed by atoms with Crippen molar-refractivity contribution < 1.29 is 13.9 Å². The summed E-state index contributed by atoms with van der Waals surface area (Å²) in [4.78, 5) is 16.7. The van der Waals surface area contributed by atoms with E-state index in [9.17, 15) is 9.18 Å². The average Bonchev–Trinajstić information content (AvgIpc) is 3.23. The summed E-state index contributed by atoms with van der Waals surface area (Å²) in [7, 11) is 5.75. The molecule has 1 saturated heterocycles. The number of amides is 1. The van der Waals surface area contributed by atoms with Crippen LogP contribution in [0.15, 0.2) is 48.1 Å². The summed E-state index contributed by atoms with van der Waals surface area (Å²) >= 11 is 0. The smallest absolute Gasteiger partial charge is 0.253 e. The van der Waals surface area contributed by atoms with Gasteiger partial charge in [-0.05, 0) is 58.8 Å². The van der Waals surface area contributed by atoms with E-state index in [0.717, 1.165) is 24.2 Å². The number of carbonyl (C=O) groups excluding carboxylic acids is 1. The summed E-state index contributed by atoms with van der Waals surface area (Å²) in [5.74, 6) is -0.114. The molecule has 28 heavy (non-hydrogen) atoms. The first kappa shape index (κ1) is 20.6. The normalized spacial score (nSPS) is 21.7. The van der Waals surface area contributed by atoms with Crippen molar-refractivity contribution in [2.24, 2.45) is 0 Å². The maximum absolute atomic E-state index is 14.0. The van der Waals surface area contributed by atoms with Crippen LogP contribution < -0.4 is 10.1 Å². The van der Waals surface area contributed by atoms with Gasteiger partial charge < -0.3 is 19.9 Å². The minimum atomic E-state index is -0.403. The SMILES string of the molecule is CNC.COc1ccc(C2=CN3C(=O)C=C(N4CCCC4)PC3C=C2)cc1F. The highest BCUT2D eigenvalue weighted by Crippen LogP contribution is 2.42. The molecule has 0 aliphatic carbocycles. The number of nitrogens with one attached hydrogen (secondary N) is 1. The number of halogens is 1. The van der Waals surface area contributed by atoms with Crippen LogP contribution >= 0.6 is 8.58 Å². The van der Waals surface area contributed by atoms with E-state index in [-0.39, 0.29) is 17.4 Å². The molecular weight excluding hydrogens is 376 g/mol. The van der Waals surface area contributed by atoms with Crippen LogP contribution in [0.5, 0.6) is 5.75 Å². The molecule has 3 aliphatic heterocycles. The highest BCUT2D eigenvalue weighted by atomic mass is 31.1. The molecule has 2 atom stereocenters. The minimum Gasteiger partial charge on any atom is -0.494 e. The molecule has 7 heteroatoms. The average molecular weight is 403 g/mol. The highest BCUT2D eigenvalue weighted by Gasteiger charge is 2.30. The fraction of sp³-hybridized carbons (Fsp3) is 0.381. The third-order valence-electron chi connectivity index (χ3n) is 4.78. The van der Waals surface area contributed by atoms with Crippen molar-refractivity contribution in [2.45, 2.75) is 18.6 Å². The number of rotatable bonds is 3. The zero-order valence-corrected chi connectivity index (χ0v) is 17.5. The van der Waals surface area contributed by atoms with Crippen LogP contribution in [0.2, 0.25) is 0 Å². The van der Waals surface area contributed by atoms with E-state index in [2.05, 4.69) is 16.3 Å². The molecule has 3 heterocycles. The highest BCUT2D eigenvalue weighted by molar-refractivity contribution is 7.44. The van der Waals surface area contributed by atoms with E-state index in [0.29, 0.717) is 8.58 Å². The van der Waals surface area contributed by atoms with Gasteiger partial charge in [0.2, 0.25) is 0 Å². The first-order valence-electron chi connectivity index (χ1n) is 9.45. The molecule has 0 saturated carbocycles. The maximum Gasteiger partial charge on any atom is 0.253 e. The van der Waals surface area contributed by atoms with E-state index in [1.165, 1.54) is 31.5 Å². The van der Waals surface area contributed by atoms with Crippen LogP contribution in [0.1, 0.15) is 18.4 Å². The molecule has 0 spiro atoms. The van der Waals surface area contributed by atoms with E-state index < -0.39 is 5.82 Å². The molecule has 1 N–H and O–H groups in total. The molecule has 4 rings (SSSR count). The lowest BCUT2D eigenvalue weighted by atomic mass is 10.0. The Labute approximate surface area is 167 Å². The fourth-order valence-electron chi connectivity index (χ4n) is 3.42. The zero-order valence-electron chi connectivity index (χ0n) is 16.5. The molecule has 3 aliphatic rings. The van der Waals surface area contributed by atoms with Crippen molar-refractivity contribution in [2.75, 3.05) is 34.3 Å². The molecule has 150 valence electrons. The number of hydrogen-bond acceptors (Lipinski definition) is 4. The molecule has 1 fully saturated rings. The molecule has 1 aromatic carbocycles. The number of ether oxygens (including phenoxy) is 1. The summed E-state index contributed by atoms with van der Waals surface area (Å²) < 4.78 is 18.9. The summed E-state index contributed by atoms with van der Waals surface area (Å²) in [6.07, 6.45) is 10.0. The molecular formula is C21H27FN3O2P. The van der Waals surface area contributed by atoms with Gasteiger partial charge in [-0.3, -0.25) is 4.79 Å². The van der Waals surface area contributed by atoms with Gasteiger partial charge in [0.05, 0.1) is 12.9 Å². The summed E-state index contributed by atoms with van der Waals surface area (Å²) in [5, 5.41) is 2.75. The minimum absolute atomic E-state index is 0.00137. The van der Waals surface area contributed by atoms with Gasteiger partial charge in [-0.1, -0.05) is 18.2 Å². The number of fused-ring (bicyclic) bond motifs is 1. The number of carbonyl (C=O) groups is 1. The van der Waals surface area contributed by atoms with Gasteiger partial charge in [-0.2, -0.15) is 0 Å². The lowest BCUT2D eigenvalue weighted by Crippen LogP contribution is -2.37.